The van der Waals surface area contributed by atoms with Crippen LogP contribution < -0.4 is 10.5 Å². The number of nitrogens with two attached hydrogens (primary N) is 1. The number of benzene rings is 1. The van der Waals surface area contributed by atoms with E-state index in [9.17, 15) is 8.42 Å². The minimum atomic E-state index is -3.75. The number of halogens is 1. The van der Waals surface area contributed by atoms with E-state index < -0.39 is 16.1 Å². The van der Waals surface area contributed by atoms with E-state index in [0.29, 0.717) is 5.69 Å². The van der Waals surface area contributed by atoms with Gasteiger partial charge in [-0.25, -0.2) is 13.1 Å². The predicted molar refractivity (Wildman–Crippen MR) is 62.7 cm³/mol. The fraction of sp³-hybridized carbons (Fsp3) is 0.333. The maximum atomic E-state index is 11.8. The molecule has 1 atom stereocenters. The van der Waals surface area contributed by atoms with Crippen molar-refractivity contribution >= 4 is 27.3 Å². The highest BCUT2D eigenvalue weighted by atomic mass is 35.5. The van der Waals surface area contributed by atoms with Crippen LogP contribution in [0.2, 0.25) is 5.02 Å². The molecule has 0 unspecified atom stereocenters. The first-order chi connectivity index (χ1) is 7.36. The summed E-state index contributed by atoms with van der Waals surface area (Å²) in [5, 5.41) is 8.87. The summed E-state index contributed by atoms with van der Waals surface area (Å²) in [6, 6.07) is 3.61. The zero-order valence-corrected chi connectivity index (χ0v) is 10.2. The Balaban J connectivity index is 3.12. The maximum Gasteiger partial charge on any atom is 0.242 e. The number of nitrogens with one attached hydrogen (secondary N) is 1. The van der Waals surface area contributed by atoms with Gasteiger partial charge in [0.05, 0.1) is 11.6 Å². The summed E-state index contributed by atoms with van der Waals surface area (Å²) in [7, 11) is -3.75. The van der Waals surface area contributed by atoms with Crippen molar-refractivity contribution in [1.29, 1.82) is 0 Å². The summed E-state index contributed by atoms with van der Waals surface area (Å²) in [5.41, 5.74) is 5.79. The van der Waals surface area contributed by atoms with Crippen molar-refractivity contribution in [1.82, 2.24) is 4.72 Å². The van der Waals surface area contributed by atoms with E-state index in [2.05, 4.69) is 4.72 Å². The van der Waals surface area contributed by atoms with Gasteiger partial charge in [0.25, 0.3) is 0 Å². The van der Waals surface area contributed by atoms with E-state index in [1.807, 2.05) is 0 Å². The third kappa shape index (κ3) is 3.08. The lowest BCUT2D eigenvalue weighted by Gasteiger charge is -2.12. The largest absolute Gasteiger partial charge is 0.399 e. The molecule has 0 aliphatic carbocycles. The van der Waals surface area contributed by atoms with E-state index in [1.54, 1.807) is 0 Å². The molecule has 0 radical (unpaired) electrons. The lowest BCUT2D eigenvalue weighted by Crippen LogP contribution is -2.35. The van der Waals surface area contributed by atoms with Crippen LogP contribution in [-0.4, -0.2) is 26.2 Å². The molecule has 0 saturated carbocycles. The minimum absolute atomic E-state index is 0.0885. The van der Waals surface area contributed by atoms with Gasteiger partial charge in [-0.3, -0.25) is 0 Å². The normalized spacial score (nSPS) is 13.7. The van der Waals surface area contributed by atoms with E-state index in [1.165, 1.54) is 25.1 Å². The van der Waals surface area contributed by atoms with Crippen LogP contribution in [0.1, 0.15) is 6.92 Å². The van der Waals surface area contributed by atoms with Gasteiger partial charge in [-0.05, 0) is 25.1 Å². The Morgan fingerprint density at radius 3 is 2.75 bits per heavy atom. The molecule has 0 saturated heterocycles. The molecular weight excluding hydrogens is 252 g/mol. The molecule has 7 heteroatoms. The number of sulfonamides is 1. The first-order valence-electron chi connectivity index (χ1n) is 4.55. The van der Waals surface area contributed by atoms with E-state index in [-0.39, 0.29) is 16.5 Å². The van der Waals surface area contributed by atoms with Crippen LogP contribution in [0.15, 0.2) is 23.1 Å². The van der Waals surface area contributed by atoms with Crippen LogP contribution >= 0.6 is 11.6 Å². The highest BCUT2D eigenvalue weighted by Crippen LogP contribution is 2.23. The Labute approximate surface area is 99.3 Å². The van der Waals surface area contributed by atoms with Crippen molar-refractivity contribution in [2.45, 2.75) is 17.9 Å². The lowest BCUT2D eigenvalue weighted by atomic mass is 10.3. The average molecular weight is 265 g/mol. The van der Waals surface area contributed by atoms with Crippen molar-refractivity contribution < 1.29 is 13.5 Å². The second kappa shape index (κ2) is 5.01. The molecule has 16 heavy (non-hydrogen) atoms. The smallest absolute Gasteiger partial charge is 0.242 e. The number of rotatable bonds is 4. The molecule has 1 aromatic rings. The summed E-state index contributed by atoms with van der Waals surface area (Å²) < 4.78 is 25.9. The van der Waals surface area contributed by atoms with E-state index in [4.69, 9.17) is 22.4 Å². The van der Waals surface area contributed by atoms with Gasteiger partial charge >= 0.3 is 0 Å². The molecule has 1 aromatic carbocycles. The van der Waals surface area contributed by atoms with Crippen molar-refractivity contribution in [2.24, 2.45) is 0 Å². The summed E-state index contributed by atoms with van der Waals surface area (Å²) in [4.78, 5) is -0.0885. The summed E-state index contributed by atoms with van der Waals surface area (Å²) in [6.07, 6.45) is 0. The Kier molecular flexibility index (Phi) is 4.15. The second-order valence-corrected chi connectivity index (χ2v) is 5.48. The number of nitrogen functional groups attached to an aromatic ring is 1. The number of aliphatic hydroxyl groups is 1. The van der Waals surface area contributed by atoms with Crippen molar-refractivity contribution in [2.75, 3.05) is 12.3 Å². The SMILES string of the molecule is C[C@H](CO)NS(=O)(=O)c1cc(N)ccc1Cl. The van der Waals surface area contributed by atoms with Gasteiger partial charge in [0, 0.05) is 11.7 Å². The van der Waals surface area contributed by atoms with Gasteiger partial charge in [-0.2, -0.15) is 0 Å². The van der Waals surface area contributed by atoms with Crippen LogP contribution in [0, 0.1) is 0 Å². The molecule has 1 rings (SSSR count). The predicted octanol–water partition coefficient (Wildman–Crippen LogP) is 0.581. The number of anilines is 1. The van der Waals surface area contributed by atoms with Gasteiger partial charge in [0.15, 0.2) is 0 Å². The second-order valence-electron chi connectivity index (χ2n) is 3.39. The molecule has 0 heterocycles. The Morgan fingerprint density at radius 2 is 2.19 bits per heavy atom. The molecular formula is C9H13ClN2O3S. The summed E-state index contributed by atoms with van der Waals surface area (Å²) in [5.74, 6) is 0. The van der Waals surface area contributed by atoms with Crippen LogP contribution in [-0.2, 0) is 10.0 Å². The van der Waals surface area contributed by atoms with Crippen LogP contribution in [0.25, 0.3) is 0 Å². The van der Waals surface area contributed by atoms with Crippen molar-refractivity contribution in [3.63, 3.8) is 0 Å². The fourth-order valence-electron chi connectivity index (χ4n) is 1.09. The van der Waals surface area contributed by atoms with Crippen molar-refractivity contribution in [3.05, 3.63) is 23.2 Å². The molecule has 0 aliphatic heterocycles. The number of hydrogen-bond donors (Lipinski definition) is 3. The topological polar surface area (TPSA) is 92.4 Å². The molecule has 4 N–H and O–H groups in total. The standard InChI is InChI=1S/C9H13ClN2O3S/c1-6(5-13)12-16(14,15)9-4-7(11)2-3-8(9)10/h2-4,6,12-13H,5,11H2,1H3/t6-/m1/s1. The number of hydrogen-bond acceptors (Lipinski definition) is 4. The Bertz CT molecular complexity index is 476. The van der Waals surface area contributed by atoms with Crippen LogP contribution in [0.5, 0.6) is 0 Å². The quantitative estimate of drug-likeness (QED) is 0.694. The Hall–Kier alpha value is -0.820. The van der Waals surface area contributed by atoms with Crippen LogP contribution in [0.4, 0.5) is 5.69 Å². The summed E-state index contributed by atoms with van der Waals surface area (Å²) in [6.45, 7) is 1.25. The highest BCUT2D eigenvalue weighted by Gasteiger charge is 2.20. The summed E-state index contributed by atoms with van der Waals surface area (Å²) >= 11 is 5.77. The molecule has 5 nitrogen and oxygen atoms in total. The maximum absolute atomic E-state index is 11.8. The molecule has 0 fully saturated rings. The molecule has 90 valence electrons. The first kappa shape index (κ1) is 13.2. The monoisotopic (exact) mass is 264 g/mol. The van der Waals surface area contributed by atoms with E-state index >= 15 is 0 Å². The third-order valence-corrected chi connectivity index (χ3v) is 3.95. The molecule has 0 aromatic heterocycles. The number of aliphatic hydroxyl groups excluding tert-OH is 1. The van der Waals surface area contributed by atoms with Crippen molar-refractivity contribution in [3.8, 4) is 0 Å². The van der Waals surface area contributed by atoms with Gasteiger partial charge in [0.1, 0.15) is 4.90 Å². The highest BCUT2D eigenvalue weighted by molar-refractivity contribution is 7.89. The van der Waals surface area contributed by atoms with Gasteiger partial charge in [0.2, 0.25) is 10.0 Å². The zero-order valence-electron chi connectivity index (χ0n) is 8.64. The molecule has 0 amide bonds. The molecule has 0 bridgehead atoms. The molecule has 0 spiro atoms. The lowest BCUT2D eigenvalue weighted by molar-refractivity contribution is 0.265. The van der Waals surface area contributed by atoms with Gasteiger partial charge in [-0.1, -0.05) is 11.6 Å². The third-order valence-electron chi connectivity index (χ3n) is 1.87. The zero-order chi connectivity index (χ0) is 12.3. The Morgan fingerprint density at radius 1 is 1.56 bits per heavy atom. The van der Waals surface area contributed by atoms with Gasteiger partial charge < -0.3 is 10.8 Å². The van der Waals surface area contributed by atoms with Gasteiger partial charge in [-0.15, -0.1) is 0 Å². The fourth-order valence-corrected chi connectivity index (χ4v) is 2.86. The molecule has 0 aliphatic rings. The minimum Gasteiger partial charge on any atom is -0.399 e. The first-order valence-corrected chi connectivity index (χ1v) is 6.41. The average Bonchev–Trinajstić information content (AvgIpc) is 2.20. The van der Waals surface area contributed by atoms with Crippen LogP contribution in [0.3, 0.4) is 0 Å². The van der Waals surface area contributed by atoms with E-state index in [0.717, 1.165) is 0 Å².